The fourth-order valence-corrected chi connectivity index (χ4v) is 1.19. The van der Waals surface area contributed by atoms with E-state index in [1.165, 1.54) is 11.6 Å². The minimum atomic E-state index is -0.103. The zero-order chi connectivity index (χ0) is 11.0. The van der Waals surface area contributed by atoms with E-state index in [1.54, 1.807) is 10.9 Å². The molecule has 0 saturated carbocycles. The quantitative estimate of drug-likeness (QED) is 0.670. The van der Waals surface area contributed by atoms with Gasteiger partial charge >= 0.3 is 0 Å². The lowest BCUT2D eigenvalue weighted by atomic mass is 10.3. The van der Waals surface area contributed by atoms with Crippen molar-refractivity contribution < 1.29 is 4.79 Å². The molecule has 15 heavy (non-hydrogen) atoms. The van der Waals surface area contributed by atoms with Gasteiger partial charge in [0.15, 0.2) is 11.6 Å². The SMILES string of the molecule is CC(=O)c1cn(-c2cc(C)n(C)n2)nn1. The summed E-state index contributed by atoms with van der Waals surface area (Å²) in [5.41, 5.74) is 1.36. The average Bonchev–Trinajstić information content (AvgIpc) is 2.74. The highest BCUT2D eigenvalue weighted by Gasteiger charge is 2.09. The predicted octanol–water partition coefficient (Wildman–Crippen LogP) is 0.512. The maximum atomic E-state index is 11.0. The van der Waals surface area contributed by atoms with Crippen molar-refractivity contribution in [2.45, 2.75) is 13.8 Å². The van der Waals surface area contributed by atoms with Crippen LogP contribution >= 0.6 is 0 Å². The number of ketones is 1. The zero-order valence-corrected chi connectivity index (χ0v) is 8.80. The lowest BCUT2D eigenvalue weighted by Crippen LogP contribution is -1.98. The van der Waals surface area contributed by atoms with Crippen LogP contribution in [0.3, 0.4) is 0 Å². The first kappa shape index (κ1) is 9.57. The molecule has 0 aliphatic rings. The summed E-state index contributed by atoms with van der Waals surface area (Å²) >= 11 is 0. The molecule has 0 radical (unpaired) electrons. The van der Waals surface area contributed by atoms with Crippen LogP contribution in [0.25, 0.3) is 5.82 Å². The molecule has 2 heterocycles. The Morgan fingerprint density at radius 1 is 1.47 bits per heavy atom. The van der Waals surface area contributed by atoms with Crippen LogP contribution in [0.4, 0.5) is 0 Å². The van der Waals surface area contributed by atoms with Gasteiger partial charge in [-0.25, -0.2) is 0 Å². The Morgan fingerprint density at radius 2 is 2.20 bits per heavy atom. The van der Waals surface area contributed by atoms with Crippen molar-refractivity contribution in [2.24, 2.45) is 7.05 Å². The van der Waals surface area contributed by atoms with Gasteiger partial charge in [0.25, 0.3) is 0 Å². The van der Waals surface area contributed by atoms with E-state index < -0.39 is 0 Å². The van der Waals surface area contributed by atoms with Gasteiger partial charge in [-0.05, 0) is 6.92 Å². The molecule has 0 saturated heterocycles. The van der Waals surface area contributed by atoms with Gasteiger partial charge in [-0.2, -0.15) is 9.78 Å². The normalized spacial score (nSPS) is 10.6. The fraction of sp³-hybridized carbons (Fsp3) is 0.333. The standard InChI is InChI=1S/C9H11N5O/c1-6-4-9(11-13(6)3)14-5-8(7(2)15)10-12-14/h4-5H,1-3H3. The molecule has 2 aromatic rings. The Morgan fingerprint density at radius 3 is 2.67 bits per heavy atom. The summed E-state index contributed by atoms with van der Waals surface area (Å²) in [6.07, 6.45) is 1.57. The highest BCUT2D eigenvalue weighted by atomic mass is 16.1. The number of nitrogens with zero attached hydrogens (tertiary/aromatic N) is 5. The maximum absolute atomic E-state index is 11.0. The van der Waals surface area contributed by atoms with Crippen LogP contribution in [0.2, 0.25) is 0 Å². The molecule has 0 unspecified atom stereocenters. The molecular weight excluding hydrogens is 194 g/mol. The molecule has 0 N–H and O–H groups in total. The summed E-state index contributed by atoms with van der Waals surface area (Å²) in [6, 6.07) is 1.87. The van der Waals surface area contributed by atoms with Gasteiger partial charge in [-0.1, -0.05) is 5.21 Å². The number of carbonyl (C=O) groups excluding carboxylic acids is 1. The van der Waals surface area contributed by atoms with Gasteiger partial charge in [-0.3, -0.25) is 9.48 Å². The van der Waals surface area contributed by atoms with Gasteiger partial charge in [-0.15, -0.1) is 5.10 Å². The highest BCUT2D eigenvalue weighted by Crippen LogP contribution is 2.06. The highest BCUT2D eigenvalue weighted by molar-refractivity contribution is 5.91. The molecule has 78 valence electrons. The molecule has 0 aliphatic heterocycles. The zero-order valence-electron chi connectivity index (χ0n) is 8.80. The van der Waals surface area contributed by atoms with Crippen LogP contribution in [-0.4, -0.2) is 30.6 Å². The van der Waals surface area contributed by atoms with E-state index in [9.17, 15) is 4.79 Å². The smallest absolute Gasteiger partial charge is 0.181 e. The summed E-state index contributed by atoms with van der Waals surface area (Å²) in [4.78, 5) is 11.0. The van der Waals surface area contributed by atoms with Crippen LogP contribution in [0.15, 0.2) is 12.3 Å². The summed E-state index contributed by atoms with van der Waals surface area (Å²) < 4.78 is 3.23. The van der Waals surface area contributed by atoms with E-state index in [0.717, 1.165) is 5.69 Å². The number of Topliss-reactive ketones (excluding diaryl/α,β-unsaturated/α-hetero) is 1. The third-order valence-electron chi connectivity index (χ3n) is 2.19. The summed E-state index contributed by atoms with van der Waals surface area (Å²) in [7, 11) is 1.85. The van der Waals surface area contributed by atoms with Crippen molar-refractivity contribution in [1.82, 2.24) is 24.8 Å². The second kappa shape index (κ2) is 3.30. The minimum absolute atomic E-state index is 0.103. The molecule has 2 aromatic heterocycles. The van der Waals surface area contributed by atoms with E-state index in [-0.39, 0.29) is 5.78 Å². The van der Waals surface area contributed by atoms with Crippen molar-refractivity contribution in [3.63, 3.8) is 0 Å². The first-order chi connectivity index (χ1) is 7.08. The molecule has 0 amide bonds. The van der Waals surface area contributed by atoms with E-state index in [4.69, 9.17) is 0 Å². The van der Waals surface area contributed by atoms with Crippen molar-refractivity contribution in [2.75, 3.05) is 0 Å². The van der Waals surface area contributed by atoms with Crippen molar-refractivity contribution in [3.05, 3.63) is 23.7 Å². The Bertz CT molecular complexity index is 491. The molecule has 0 aliphatic carbocycles. The number of rotatable bonds is 2. The molecule has 0 spiro atoms. The first-order valence-electron chi connectivity index (χ1n) is 4.52. The Balaban J connectivity index is 2.41. The number of hydrogen-bond acceptors (Lipinski definition) is 4. The third kappa shape index (κ3) is 1.65. The van der Waals surface area contributed by atoms with Gasteiger partial charge in [0.1, 0.15) is 5.69 Å². The van der Waals surface area contributed by atoms with Crippen LogP contribution < -0.4 is 0 Å². The number of carbonyl (C=O) groups is 1. The lowest BCUT2D eigenvalue weighted by molar-refractivity contribution is 0.101. The van der Waals surface area contributed by atoms with Crippen LogP contribution in [0.5, 0.6) is 0 Å². The molecular formula is C9H11N5O. The predicted molar refractivity (Wildman–Crippen MR) is 52.9 cm³/mol. The van der Waals surface area contributed by atoms with Gasteiger partial charge in [0.05, 0.1) is 6.20 Å². The van der Waals surface area contributed by atoms with Crippen LogP contribution in [0, 0.1) is 6.92 Å². The Labute approximate surface area is 86.5 Å². The van der Waals surface area contributed by atoms with Crippen LogP contribution in [-0.2, 0) is 7.05 Å². The van der Waals surface area contributed by atoms with E-state index in [2.05, 4.69) is 15.4 Å². The van der Waals surface area contributed by atoms with Gasteiger partial charge < -0.3 is 0 Å². The molecule has 6 nitrogen and oxygen atoms in total. The molecule has 0 fully saturated rings. The average molecular weight is 205 g/mol. The second-order valence-electron chi connectivity index (χ2n) is 3.37. The lowest BCUT2D eigenvalue weighted by Gasteiger charge is -1.91. The number of hydrogen-bond donors (Lipinski definition) is 0. The topological polar surface area (TPSA) is 65.6 Å². The molecule has 2 rings (SSSR count). The van der Waals surface area contributed by atoms with Gasteiger partial charge in [0.2, 0.25) is 0 Å². The summed E-state index contributed by atoms with van der Waals surface area (Å²) in [5, 5.41) is 11.8. The minimum Gasteiger partial charge on any atom is -0.293 e. The summed E-state index contributed by atoms with van der Waals surface area (Å²) in [6.45, 7) is 3.40. The third-order valence-corrected chi connectivity index (χ3v) is 2.19. The van der Waals surface area contributed by atoms with Crippen LogP contribution in [0.1, 0.15) is 23.1 Å². The summed E-state index contributed by atoms with van der Waals surface area (Å²) in [5.74, 6) is 0.559. The van der Waals surface area contributed by atoms with E-state index in [1.807, 2.05) is 20.0 Å². The Kier molecular flexibility index (Phi) is 2.11. The molecule has 0 aromatic carbocycles. The Hall–Kier alpha value is -1.98. The molecule has 6 heteroatoms. The van der Waals surface area contributed by atoms with E-state index >= 15 is 0 Å². The van der Waals surface area contributed by atoms with Gasteiger partial charge in [0, 0.05) is 25.7 Å². The largest absolute Gasteiger partial charge is 0.293 e. The monoisotopic (exact) mass is 205 g/mol. The molecule has 0 atom stereocenters. The fourth-order valence-electron chi connectivity index (χ4n) is 1.19. The number of aromatic nitrogens is 5. The van der Waals surface area contributed by atoms with E-state index in [0.29, 0.717) is 11.5 Å². The molecule has 0 bridgehead atoms. The van der Waals surface area contributed by atoms with Crippen molar-refractivity contribution in [3.8, 4) is 5.82 Å². The number of aryl methyl sites for hydroxylation is 2. The maximum Gasteiger partial charge on any atom is 0.181 e. The van der Waals surface area contributed by atoms with Crippen molar-refractivity contribution in [1.29, 1.82) is 0 Å². The second-order valence-corrected chi connectivity index (χ2v) is 3.37. The van der Waals surface area contributed by atoms with Crippen molar-refractivity contribution >= 4 is 5.78 Å². The first-order valence-corrected chi connectivity index (χ1v) is 4.52.